The lowest BCUT2D eigenvalue weighted by molar-refractivity contribution is 0.0640. The SMILES string of the molecule is Cc1noc(CN(Cc2cccc(C#N)c2)CC2CCCO2)n1. The summed E-state index contributed by atoms with van der Waals surface area (Å²) in [6.45, 7) is 4.77. The molecule has 3 rings (SSSR count). The minimum atomic E-state index is 0.248. The van der Waals surface area contributed by atoms with E-state index in [2.05, 4.69) is 21.1 Å². The summed E-state index contributed by atoms with van der Waals surface area (Å²) < 4.78 is 11.0. The molecule has 1 unspecified atom stereocenters. The highest BCUT2D eigenvalue weighted by atomic mass is 16.5. The first-order chi connectivity index (χ1) is 11.2. The van der Waals surface area contributed by atoms with E-state index in [9.17, 15) is 0 Å². The van der Waals surface area contributed by atoms with E-state index in [-0.39, 0.29) is 6.10 Å². The topological polar surface area (TPSA) is 75.2 Å². The van der Waals surface area contributed by atoms with Crippen LogP contribution in [0.25, 0.3) is 0 Å². The van der Waals surface area contributed by atoms with Crippen molar-refractivity contribution in [3.8, 4) is 6.07 Å². The molecule has 6 nitrogen and oxygen atoms in total. The summed E-state index contributed by atoms with van der Waals surface area (Å²) >= 11 is 0. The van der Waals surface area contributed by atoms with E-state index in [1.54, 1.807) is 0 Å². The zero-order valence-corrected chi connectivity index (χ0v) is 13.2. The molecule has 0 amide bonds. The summed E-state index contributed by atoms with van der Waals surface area (Å²) in [6, 6.07) is 9.86. The van der Waals surface area contributed by atoms with Crippen LogP contribution in [0.3, 0.4) is 0 Å². The quantitative estimate of drug-likeness (QED) is 0.815. The lowest BCUT2D eigenvalue weighted by Crippen LogP contribution is -2.31. The van der Waals surface area contributed by atoms with Crippen LogP contribution in [0.4, 0.5) is 0 Å². The number of hydrogen-bond acceptors (Lipinski definition) is 6. The monoisotopic (exact) mass is 312 g/mol. The van der Waals surface area contributed by atoms with E-state index in [1.807, 2.05) is 31.2 Å². The number of benzene rings is 1. The van der Waals surface area contributed by atoms with Gasteiger partial charge >= 0.3 is 0 Å². The van der Waals surface area contributed by atoms with Crippen molar-refractivity contribution >= 4 is 0 Å². The van der Waals surface area contributed by atoms with E-state index >= 15 is 0 Å². The Morgan fingerprint density at radius 3 is 3.00 bits per heavy atom. The molecule has 1 saturated heterocycles. The van der Waals surface area contributed by atoms with Crippen LogP contribution in [0.1, 0.15) is 35.7 Å². The lowest BCUT2D eigenvalue weighted by Gasteiger charge is -2.23. The largest absolute Gasteiger partial charge is 0.377 e. The van der Waals surface area contributed by atoms with Crippen molar-refractivity contribution in [2.75, 3.05) is 13.2 Å². The molecule has 1 aliphatic rings. The van der Waals surface area contributed by atoms with Gasteiger partial charge in [-0.2, -0.15) is 10.2 Å². The van der Waals surface area contributed by atoms with Crippen molar-refractivity contribution in [1.29, 1.82) is 5.26 Å². The highest BCUT2D eigenvalue weighted by molar-refractivity contribution is 5.32. The molecular weight excluding hydrogens is 292 g/mol. The van der Waals surface area contributed by atoms with Gasteiger partial charge in [-0.15, -0.1) is 0 Å². The summed E-state index contributed by atoms with van der Waals surface area (Å²) in [7, 11) is 0. The van der Waals surface area contributed by atoms with Crippen molar-refractivity contribution < 1.29 is 9.26 Å². The van der Waals surface area contributed by atoms with Crippen LogP contribution in [0.15, 0.2) is 28.8 Å². The van der Waals surface area contributed by atoms with Gasteiger partial charge in [0.2, 0.25) is 5.89 Å². The Bertz CT molecular complexity index is 686. The van der Waals surface area contributed by atoms with Crippen molar-refractivity contribution in [1.82, 2.24) is 15.0 Å². The number of hydrogen-bond donors (Lipinski definition) is 0. The Balaban J connectivity index is 1.71. The fourth-order valence-electron chi connectivity index (χ4n) is 2.85. The second-order valence-corrected chi connectivity index (χ2v) is 5.85. The molecule has 0 radical (unpaired) electrons. The number of ether oxygens (including phenoxy) is 1. The molecule has 0 bridgehead atoms. The average molecular weight is 312 g/mol. The smallest absolute Gasteiger partial charge is 0.240 e. The fraction of sp³-hybridized carbons (Fsp3) is 0.471. The van der Waals surface area contributed by atoms with Crippen molar-refractivity contribution in [3.05, 3.63) is 47.1 Å². The van der Waals surface area contributed by atoms with Gasteiger partial charge in [-0.3, -0.25) is 4.90 Å². The molecule has 0 N–H and O–H groups in total. The maximum absolute atomic E-state index is 9.05. The van der Waals surface area contributed by atoms with Gasteiger partial charge in [-0.05, 0) is 37.5 Å². The van der Waals surface area contributed by atoms with E-state index in [0.29, 0.717) is 23.8 Å². The number of nitriles is 1. The summed E-state index contributed by atoms with van der Waals surface area (Å²) in [5.74, 6) is 1.25. The predicted octanol–water partition coefficient (Wildman–Crippen LogP) is 2.43. The van der Waals surface area contributed by atoms with Gasteiger partial charge < -0.3 is 9.26 Å². The summed E-state index contributed by atoms with van der Waals surface area (Å²) in [6.07, 6.45) is 2.44. The molecule has 1 aromatic carbocycles. The normalized spacial score (nSPS) is 17.5. The third-order valence-corrected chi connectivity index (χ3v) is 3.88. The first-order valence-electron chi connectivity index (χ1n) is 7.85. The molecule has 2 aromatic rings. The van der Waals surface area contributed by atoms with E-state index < -0.39 is 0 Å². The van der Waals surface area contributed by atoms with Gasteiger partial charge in [-0.25, -0.2) is 0 Å². The molecule has 0 spiro atoms. The zero-order chi connectivity index (χ0) is 16.1. The Hall–Kier alpha value is -2.23. The number of rotatable bonds is 6. The first kappa shape index (κ1) is 15.7. The zero-order valence-electron chi connectivity index (χ0n) is 13.2. The number of nitrogens with zero attached hydrogens (tertiary/aromatic N) is 4. The third kappa shape index (κ3) is 4.38. The minimum absolute atomic E-state index is 0.248. The lowest BCUT2D eigenvalue weighted by atomic mass is 10.1. The standard InChI is InChI=1S/C17H20N4O2/c1-13-19-17(23-20-13)12-21(11-16-6-3-7-22-16)10-15-5-2-4-14(8-15)9-18/h2,4-5,8,16H,3,6-7,10-12H2,1H3. The van der Waals surface area contributed by atoms with Crippen molar-refractivity contribution in [2.24, 2.45) is 0 Å². The highest BCUT2D eigenvalue weighted by Crippen LogP contribution is 2.17. The average Bonchev–Trinajstić information content (AvgIpc) is 3.19. The van der Waals surface area contributed by atoms with Gasteiger partial charge in [0.05, 0.1) is 24.3 Å². The maximum Gasteiger partial charge on any atom is 0.240 e. The van der Waals surface area contributed by atoms with Crippen molar-refractivity contribution in [2.45, 2.75) is 39.0 Å². The molecular formula is C17H20N4O2. The maximum atomic E-state index is 9.05. The van der Waals surface area contributed by atoms with Crippen molar-refractivity contribution in [3.63, 3.8) is 0 Å². The van der Waals surface area contributed by atoms with Gasteiger partial charge in [-0.1, -0.05) is 17.3 Å². The molecule has 23 heavy (non-hydrogen) atoms. The van der Waals surface area contributed by atoms with Crippen LogP contribution in [-0.4, -0.2) is 34.3 Å². The molecule has 120 valence electrons. The molecule has 1 aliphatic heterocycles. The molecule has 1 aromatic heterocycles. The van der Waals surface area contributed by atoms with Gasteiger partial charge in [0.15, 0.2) is 5.82 Å². The van der Waals surface area contributed by atoms with Crippen LogP contribution in [0.5, 0.6) is 0 Å². The predicted molar refractivity (Wildman–Crippen MR) is 83.3 cm³/mol. The van der Waals surface area contributed by atoms with Crippen LogP contribution in [-0.2, 0) is 17.8 Å². The number of aromatic nitrogens is 2. The Morgan fingerprint density at radius 2 is 2.30 bits per heavy atom. The number of aryl methyl sites for hydroxylation is 1. The molecule has 1 fully saturated rings. The van der Waals surface area contributed by atoms with E-state index in [0.717, 1.165) is 38.1 Å². The van der Waals surface area contributed by atoms with Gasteiger partial charge in [0.1, 0.15) is 0 Å². The second-order valence-electron chi connectivity index (χ2n) is 5.85. The summed E-state index contributed by atoms with van der Waals surface area (Å²) in [5, 5.41) is 12.9. The third-order valence-electron chi connectivity index (χ3n) is 3.88. The van der Waals surface area contributed by atoms with E-state index in [1.165, 1.54) is 0 Å². The van der Waals surface area contributed by atoms with Gasteiger partial charge in [0.25, 0.3) is 0 Å². The molecule has 0 aliphatic carbocycles. The van der Waals surface area contributed by atoms with Crippen LogP contribution in [0.2, 0.25) is 0 Å². The molecule has 1 atom stereocenters. The molecule has 0 saturated carbocycles. The first-order valence-corrected chi connectivity index (χ1v) is 7.85. The van der Waals surface area contributed by atoms with Gasteiger partial charge in [0, 0.05) is 19.7 Å². The highest BCUT2D eigenvalue weighted by Gasteiger charge is 2.21. The summed E-state index contributed by atoms with van der Waals surface area (Å²) in [4.78, 5) is 6.52. The fourth-order valence-corrected chi connectivity index (χ4v) is 2.85. The van der Waals surface area contributed by atoms with Crippen LogP contribution in [0, 0.1) is 18.3 Å². The van der Waals surface area contributed by atoms with Crippen LogP contribution >= 0.6 is 0 Å². The van der Waals surface area contributed by atoms with E-state index in [4.69, 9.17) is 14.5 Å². The molecule has 2 heterocycles. The minimum Gasteiger partial charge on any atom is -0.377 e. The Kier molecular flexibility index (Phi) is 5.01. The second kappa shape index (κ2) is 7.36. The summed E-state index contributed by atoms with van der Waals surface area (Å²) in [5.41, 5.74) is 1.77. The Morgan fingerprint density at radius 1 is 1.39 bits per heavy atom. The molecule has 6 heteroatoms. The van der Waals surface area contributed by atoms with Crippen LogP contribution < -0.4 is 0 Å². The Labute approximate surface area is 135 Å².